The summed E-state index contributed by atoms with van der Waals surface area (Å²) in [7, 11) is 0. The first kappa shape index (κ1) is 13.6. The van der Waals surface area contributed by atoms with Crippen molar-refractivity contribution >= 4 is 5.91 Å². The lowest BCUT2D eigenvalue weighted by molar-refractivity contribution is 0.0747. The molecule has 0 spiro atoms. The molecule has 0 N–H and O–H groups in total. The van der Waals surface area contributed by atoms with Crippen LogP contribution in [0.25, 0.3) is 0 Å². The van der Waals surface area contributed by atoms with E-state index in [9.17, 15) is 4.79 Å². The van der Waals surface area contributed by atoms with Crippen molar-refractivity contribution in [3.63, 3.8) is 0 Å². The van der Waals surface area contributed by atoms with Gasteiger partial charge >= 0.3 is 0 Å². The molecule has 1 aromatic carbocycles. The highest BCUT2D eigenvalue weighted by molar-refractivity contribution is 5.94. The molecule has 0 saturated heterocycles. The Balaban J connectivity index is 2.10. The Morgan fingerprint density at radius 3 is 2.47 bits per heavy atom. The Kier molecular flexibility index (Phi) is 4.21. The van der Waals surface area contributed by atoms with Gasteiger partial charge in [-0.25, -0.2) is 0 Å². The molecule has 0 heterocycles. The summed E-state index contributed by atoms with van der Waals surface area (Å²) in [5.74, 6) is 0.537. The van der Waals surface area contributed by atoms with Crippen LogP contribution in [0.4, 0.5) is 0 Å². The molecule has 3 nitrogen and oxygen atoms in total. The average molecular weight is 256 g/mol. The quantitative estimate of drug-likeness (QED) is 0.811. The number of nitriles is 1. The summed E-state index contributed by atoms with van der Waals surface area (Å²) < 4.78 is 0. The van der Waals surface area contributed by atoms with Gasteiger partial charge in [0.15, 0.2) is 0 Å². The van der Waals surface area contributed by atoms with E-state index in [2.05, 4.69) is 19.9 Å². The minimum absolute atomic E-state index is 0.0630. The number of amides is 1. The Morgan fingerprint density at radius 2 is 2.00 bits per heavy atom. The van der Waals surface area contributed by atoms with Gasteiger partial charge in [0, 0.05) is 18.2 Å². The van der Waals surface area contributed by atoms with E-state index in [-0.39, 0.29) is 5.91 Å². The maximum atomic E-state index is 12.4. The molecule has 19 heavy (non-hydrogen) atoms. The zero-order valence-corrected chi connectivity index (χ0v) is 11.6. The number of rotatable bonds is 5. The first-order chi connectivity index (χ1) is 9.13. The first-order valence-electron chi connectivity index (χ1n) is 6.91. The van der Waals surface area contributed by atoms with Crippen LogP contribution >= 0.6 is 0 Å². The average Bonchev–Trinajstić information content (AvgIpc) is 3.23. The summed E-state index contributed by atoms with van der Waals surface area (Å²) >= 11 is 0. The monoisotopic (exact) mass is 256 g/mol. The summed E-state index contributed by atoms with van der Waals surface area (Å²) in [5.41, 5.74) is 1.97. The summed E-state index contributed by atoms with van der Waals surface area (Å²) in [6.45, 7) is 4.83. The molecule has 0 radical (unpaired) electrons. The van der Waals surface area contributed by atoms with Crippen LogP contribution in [0, 0.1) is 11.3 Å². The van der Waals surface area contributed by atoms with Crippen LogP contribution in [0.2, 0.25) is 0 Å². The molecule has 0 aliphatic heterocycles. The molecule has 0 atom stereocenters. The van der Waals surface area contributed by atoms with Gasteiger partial charge in [-0.1, -0.05) is 26.0 Å². The normalized spacial score (nSPS) is 14.2. The second-order valence-electron chi connectivity index (χ2n) is 5.41. The van der Waals surface area contributed by atoms with E-state index >= 15 is 0 Å². The highest BCUT2D eigenvalue weighted by atomic mass is 16.2. The minimum Gasteiger partial charge on any atom is -0.335 e. The predicted octanol–water partition coefficient (Wildman–Crippen LogP) is 3.33. The van der Waals surface area contributed by atoms with Crippen LogP contribution in [0.3, 0.4) is 0 Å². The van der Waals surface area contributed by atoms with E-state index in [1.54, 1.807) is 0 Å². The van der Waals surface area contributed by atoms with Crippen molar-refractivity contribution in [2.75, 3.05) is 6.54 Å². The highest BCUT2D eigenvalue weighted by Crippen LogP contribution is 2.28. The fraction of sp³-hybridized carbons (Fsp3) is 0.500. The van der Waals surface area contributed by atoms with Gasteiger partial charge in [0.05, 0.1) is 12.5 Å². The third-order valence-electron chi connectivity index (χ3n) is 3.54. The van der Waals surface area contributed by atoms with E-state index < -0.39 is 0 Å². The van der Waals surface area contributed by atoms with Crippen molar-refractivity contribution in [2.24, 2.45) is 0 Å². The smallest absolute Gasteiger partial charge is 0.254 e. The van der Waals surface area contributed by atoms with E-state index in [0.29, 0.717) is 24.9 Å². The van der Waals surface area contributed by atoms with Crippen molar-refractivity contribution in [1.82, 2.24) is 4.90 Å². The minimum atomic E-state index is 0.0630. The number of hydrogen-bond donors (Lipinski definition) is 0. The Hall–Kier alpha value is -1.82. The first-order valence-corrected chi connectivity index (χ1v) is 6.91. The third kappa shape index (κ3) is 3.35. The summed E-state index contributed by atoms with van der Waals surface area (Å²) in [6.07, 6.45) is 2.55. The van der Waals surface area contributed by atoms with Crippen molar-refractivity contribution in [2.45, 2.75) is 45.1 Å². The predicted molar refractivity (Wildman–Crippen MR) is 74.8 cm³/mol. The van der Waals surface area contributed by atoms with Gasteiger partial charge in [-0.05, 0) is 36.5 Å². The summed E-state index contributed by atoms with van der Waals surface area (Å²) in [4.78, 5) is 14.3. The molecular weight excluding hydrogens is 236 g/mol. The van der Waals surface area contributed by atoms with Crippen LogP contribution in [-0.2, 0) is 0 Å². The van der Waals surface area contributed by atoms with Crippen molar-refractivity contribution < 1.29 is 4.79 Å². The molecular formula is C16H20N2O. The second kappa shape index (κ2) is 5.88. The van der Waals surface area contributed by atoms with Gasteiger partial charge in [0.1, 0.15) is 0 Å². The fourth-order valence-corrected chi connectivity index (χ4v) is 2.18. The molecule has 1 aliphatic rings. The number of hydrogen-bond acceptors (Lipinski definition) is 2. The standard InChI is InChI=1S/C16H20N2O/c1-12(2)13-4-6-14(7-5-13)16(19)18(11-3-10-17)15-8-9-15/h4-7,12,15H,3,8-9,11H2,1-2H3. The number of carbonyl (C=O) groups is 1. The second-order valence-corrected chi connectivity index (χ2v) is 5.41. The van der Waals surface area contributed by atoms with Gasteiger partial charge in [-0.15, -0.1) is 0 Å². The van der Waals surface area contributed by atoms with Gasteiger partial charge in [-0.3, -0.25) is 4.79 Å². The Bertz CT molecular complexity index is 480. The lowest BCUT2D eigenvalue weighted by Gasteiger charge is -2.21. The van der Waals surface area contributed by atoms with Gasteiger partial charge in [0.2, 0.25) is 0 Å². The van der Waals surface area contributed by atoms with Crippen LogP contribution in [-0.4, -0.2) is 23.4 Å². The molecule has 3 heteroatoms. The Labute approximate surface area is 114 Å². The lowest BCUT2D eigenvalue weighted by Crippen LogP contribution is -2.33. The topological polar surface area (TPSA) is 44.1 Å². The number of benzene rings is 1. The van der Waals surface area contributed by atoms with Gasteiger partial charge in [0.25, 0.3) is 5.91 Å². The lowest BCUT2D eigenvalue weighted by atomic mass is 10.0. The van der Waals surface area contributed by atoms with Gasteiger partial charge < -0.3 is 4.90 Å². The molecule has 0 bridgehead atoms. The maximum absolute atomic E-state index is 12.4. The molecule has 1 aromatic rings. The SMILES string of the molecule is CC(C)c1ccc(C(=O)N(CCC#N)C2CC2)cc1. The van der Waals surface area contributed by atoms with Crippen molar-refractivity contribution in [3.05, 3.63) is 35.4 Å². The van der Waals surface area contributed by atoms with E-state index in [1.165, 1.54) is 5.56 Å². The van der Waals surface area contributed by atoms with Crippen LogP contribution in [0.1, 0.15) is 54.9 Å². The van der Waals surface area contributed by atoms with E-state index in [0.717, 1.165) is 18.4 Å². The Morgan fingerprint density at radius 1 is 1.37 bits per heavy atom. The molecule has 2 rings (SSSR count). The number of carbonyl (C=O) groups excluding carboxylic acids is 1. The fourth-order valence-electron chi connectivity index (χ4n) is 2.18. The molecule has 1 fully saturated rings. The molecule has 0 unspecified atom stereocenters. The van der Waals surface area contributed by atoms with Crippen molar-refractivity contribution in [1.29, 1.82) is 5.26 Å². The van der Waals surface area contributed by atoms with Crippen LogP contribution in [0.15, 0.2) is 24.3 Å². The molecule has 1 amide bonds. The zero-order chi connectivity index (χ0) is 13.8. The van der Waals surface area contributed by atoms with Crippen LogP contribution in [0.5, 0.6) is 0 Å². The molecule has 1 saturated carbocycles. The summed E-state index contributed by atoms with van der Waals surface area (Å²) in [5, 5.41) is 8.68. The van der Waals surface area contributed by atoms with E-state index in [1.807, 2.05) is 29.2 Å². The molecule has 100 valence electrons. The van der Waals surface area contributed by atoms with E-state index in [4.69, 9.17) is 5.26 Å². The van der Waals surface area contributed by atoms with Crippen molar-refractivity contribution in [3.8, 4) is 6.07 Å². The van der Waals surface area contributed by atoms with Gasteiger partial charge in [-0.2, -0.15) is 5.26 Å². The number of nitrogens with zero attached hydrogens (tertiary/aromatic N) is 2. The highest BCUT2D eigenvalue weighted by Gasteiger charge is 2.32. The maximum Gasteiger partial charge on any atom is 0.254 e. The van der Waals surface area contributed by atoms with Crippen LogP contribution < -0.4 is 0 Å². The molecule has 1 aliphatic carbocycles. The molecule has 0 aromatic heterocycles. The largest absolute Gasteiger partial charge is 0.335 e. The third-order valence-corrected chi connectivity index (χ3v) is 3.54. The zero-order valence-electron chi connectivity index (χ0n) is 11.6. The summed E-state index contributed by atoms with van der Waals surface area (Å²) in [6, 6.07) is 10.3.